The Balaban J connectivity index is 1.87. The molecule has 2 saturated heterocycles. The van der Waals surface area contributed by atoms with Crippen LogP contribution >= 0.6 is 0 Å². The lowest BCUT2D eigenvalue weighted by Crippen LogP contribution is -2.57. The summed E-state index contributed by atoms with van der Waals surface area (Å²) in [5, 5.41) is 0. The van der Waals surface area contributed by atoms with Crippen LogP contribution in [0.2, 0.25) is 0 Å². The van der Waals surface area contributed by atoms with Crippen molar-refractivity contribution >= 4 is 47.5 Å². The number of amides is 4. The number of ether oxygens (including phenoxy) is 4. The Morgan fingerprint density at radius 3 is 1.22 bits per heavy atom. The highest BCUT2D eigenvalue weighted by molar-refractivity contribution is 5.94. The first kappa shape index (κ1) is 55.8. The van der Waals surface area contributed by atoms with Crippen molar-refractivity contribution in [3.8, 4) is 0 Å². The van der Waals surface area contributed by atoms with Crippen LogP contribution in [0.3, 0.4) is 0 Å². The number of piperidine rings is 1. The Hall–Kier alpha value is -5.80. The van der Waals surface area contributed by atoms with Gasteiger partial charge in [0.25, 0.3) is 23.6 Å². The van der Waals surface area contributed by atoms with E-state index >= 15 is 0 Å². The number of esters is 4. The van der Waals surface area contributed by atoms with Gasteiger partial charge in [0.2, 0.25) is 0 Å². The molecule has 2 aliphatic rings. The number of hydrogen-bond acceptors (Lipinski definition) is 12. The van der Waals surface area contributed by atoms with E-state index in [0.29, 0.717) is 17.5 Å². The minimum Gasteiger partial charge on any atom is -0.451 e. The van der Waals surface area contributed by atoms with Crippen LogP contribution in [0.15, 0.2) is 60.7 Å². The predicted octanol–water partition coefficient (Wildman–Crippen LogP) is 5.81. The van der Waals surface area contributed by atoms with Gasteiger partial charge in [0.1, 0.15) is 24.2 Å². The average Bonchev–Trinajstić information content (AvgIpc) is 3.29. The normalized spacial score (nSPS) is 25.8. The zero-order valence-corrected chi connectivity index (χ0v) is 42.8. The zero-order chi connectivity index (χ0) is 51.3. The van der Waals surface area contributed by atoms with Gasteiger partial charge in [-0.3, -0.25) is 19.2 Å². The van der Waals surface area contributed by atoms with E-state index in [9.17, 15) is 38.4 Å². The maximum atomic E-state index is 14.7. The molecule has 0 unspecified atom stereocenters. The fraction of sp³-hybridized carbons (Fsp3) is 0.623. The van der Waals surface area contributed by atoms with E-state index in [2.05, 4.69) is 0 Å². The highest BCUT2D eigenvalue weighted by atomic mass is 16.6. The summed E-state index contributed by atoms with van der Waals surface area (Å²) >= 11 is 0. The third-order valence-electron chi connectivity index (χ3n) is 12.6. The molecule has 4 rings (SSSR count). The van der Waals surface area contributed by atoms with Gasteiger partial charge in [-0.05, 0) is 80.2 Å². The number of cyclic esters (lactones) is 3. The van der Waals surface area contributed by atoms with Crippen molar-refractivity contribution in [2.24, 2.45) is 23.7 Å². The molecule has 0 spiro atoms. The van der Waals surface area contributed by atoms with Crippen LogP contribution in [0.4, 0.5) is 0 Å². The lowest BCUT2D eigenvalue weighted by atomic mass is 9.97. The molecule has 0 aromatic heterocycles. The number of nitrogens with zero attached hydrogens (tertiary/aromatic N) is 4. The number of carbonyl (C=O) groups excluding carboxylic acids is 8. The lowest BCUT2D eigenvalue weighted by molar-refractivity contribution is -0.178. The molecule has 2 bridgehead atoms. The molecule has 4 amide bonds. The van der Waals surface area contributed by atoms with Crippen LogP contribution in [0.5, 0.6) is 0 Å². The molecule has 380 valence electrons. The third kappa shape index (κ3) is 15.6. The van der Waals surface area contributed by atoms with Crippen LogP contribution in [-0.2, 0) is 70.1 Å². The number of hydrogen-bond donors (Lipinski definition) is 0. The van der Waals surface area contributed by atoms with E-state index in [1.807, 2.05) is 55.4 Å². The van der Waals surface area contributed by atoms with Gasteiger partial charge in [-0.2, -0.15) is 0 Å². The Kier molecular flexibility index (Phi) is 20.8. The fourth-order valence-corrected chi connectivity index (χ4v) is 8.83. The van der Waals surface area contributed by atoms with Crippen LogP contribution in [-0.4, -0.2) is 143 Å². The minimum atomic E-state index is -1.46. The maximum Gasteiger partial charge on any atom is 0.329 e. The molecule has 2 aliphatic heterocycles. The molecule has 8 atom stereocenters. The fourth-order valence-electron chi connectivity index (χ4n) is 8.83. The van der Waals surface area contributed by atoms with Gasteiger partial charge in [0, 0.05) is 40.5 Å². The van der Waals surface area contributed by atoms with E-state index in [0.717, 1.165) is 4.90 Å². The molecule has 2 heterocycles. The van der Waals surface area contributed by atoms with Crippen molar-refractivity contribution < 1.29 is 57.3 Å². The van der Waals surface area contributed by atoms with Gasteiger partial charge in [-0.15, -0.1) is 0 Å². The standard InChI is InChI=1S/C53H76N4O12/c1-32(2)26-39-50(62)66-36(9)46(58)54(10)40(27-33(3)4)52(64)68-44(30-37-20-15-13-16-21-37)47(59)56(12)41(28-34(5)6)51(63)67-43-24-19-25-57(49(43)61)42(29-35(7)8)53(65)69-45(48(60)55(39)11)31-38-22-17-14-18-23-38/h13-18,20-23,32-36,39-45H,19,24-31H2,1-12H3/t36-,39+,40+,41+,42-,43-,44-,45-/m1/s1. The van der Waals surface area contributed by atoms with Gasteiger partial charge in [-0.1, -0.05) is 116 Å². The molecule has 0 radical (unpaired) electrons. The third-order valence-corrected chi connectivity index (χ3v) is 12.6. The summed E-state index contributed by atoms with van der Waals surface area (Å²) in [6, 6.07) is 13.0. The van der Waals surface area contributed by atoms with Crippen molar-refractivity contribution in [1.82, 2.24) is 19.6 Å². The first-order chi connectivity index (χ1) is 32.5. The molecule has 2 aromatic carbocycles. The number of carbonyl (C=O) groups is 8. The van der Waals surface area contributed by atoms with Gasteiger partial charge in [0.05, 0.1) is 0 Å². The summed E-state index contributed by atoms with van der Waals surface area (Å²) in [6.45, 7) is 16.5. The van der Waals surface area contributed by atoms with Crippen LogP contribution in [0.1, 0.15) is 112 Å². The Morgan fingerprint density at radius 1 is 0.464 bits per heavy atom. The monoisotopic (exact) mass is 961 g/mol. The summed E-state index contributed by atoms with van der Waals surface area (Å²) in [7, 11) is 4.23. The molecular weight excluding hydrogens is 885 g/mol. The molecule has 69 heavy (non-hydrogen) atoms. The second-order valence-electron chi connectivity index (χ2n) is 20.3. The van der Waals surface area contributed by atoms with Crippen molar-refractivity contribution in [3.63, 3.8) is 0 Å². The number of rotatable bonds is 12. The molecule has 16 heteroatoms. The lowest BCUT2D eigenvalue weighted by Gasteiger charge is -2.39. The Labute approximate surface area is 408 Å². The molecule has 0 N–H and O–H groups in total. The van der Waals surface area contributed by atoms with E-state index in [1.165, 1.54) is 42.8 Å². The number of likely N-dealkylation sites (N-methyl/N-ethyl adjacent to an activating group) is 3. The molecule has 0 aliphatic carbocycles. The number of fused-ring (bicyclic) bond motifs is 2. The quantitative estimate of drug-likeness (QED) is 0.184. The second-order valence-corrected chi connectivity index (χ2v) is 20.3. The molecule has 16 nitrogen and oxygen atoms in total. The van der Waals surface area contributed by atoms with E-state index in [-0.39, 0.29) is 75.2 Å². The number of benzene rings is 2. The van der Waals surface area contributed by atoms with E-state index in [4.69, 9.17) is 18.9 Å². The average molecular weight is 961 g/mol. The maximum absolute atomic E-state index is 14.7. The summed E-state index contributed by atoms with van der Waals surface area (Å²) in [5.41, 5.74) is 1.32. The summed E-state index contributed by atoms with van der Waals surface area (Å²) in [5.74, 6) is -6.79. The van der Waals surface area contributed by atoms with Crippen molar-refractivity contribution in [2.75, 3.05) is 27.7 Å². The van der Waals surface area contributed by atoms with Crippen molar-refractivity contribution in [1.29, 1.82) is 0 Å². The molecular formula is C53H76N4O12. The van der Waals surface area contributed by atoms with Gasteiger partial charge < -0.3 is 38.5 Å². The van der Waals surface area contributed by atoms with Crippen LogP contribution in [0.25, 0.3) is 0 Å². The Bertz CT molecular complexity index is 2080. The zero-order valence-electron chi connectivity index (χ0n) is 42.8. The highest BCUT2D eigenvalue weighted by Crippen LogP contribution is 2.27. The first-order valence-electron chi connectivity index (χ1n) is 24.5. The summed E-state index contributed by atoms with van der Waals surface area (Å²) in [4.78, 5) is 121. The van der Waals surface area contributed by atoms with E-state index < -0.39 is 96.1 Å². The van der Waals surface area contributed by atoms with E-state index in [1.54, 1.807) is 60.7 Å². The van der Waals surface area contributed by atoms with Gasteiger partial charge >= 0.3 is 23.9 Å². The van der Waals surface area contributed by atoms with Crippen LogP contribution < -0.4 is 0 Å². The molecule has 2 aromatic rings. The summed E-state index contributed by atoms with van der Waals surface area (Å²) in [6.07, 6.45) is -4.76. The minimum absolute atomic E-state index is 0.0650. The smallest absolute Gasteiger partial charge is 0.329 e. The van der Waals surface area contributed by atoms with Crippen molar-refractivity contribution in [3.05, 3.63) is 71.8 Å². The highest BCUT2D eigenvalue weighted by Gasteiger charge is 2.45. The van der Waals surface area contributed by atoms with Crippen molar-refractivity contribution in [2.45, 2.75) is 162 Å². The summed E-state index contributed by atoms with van der Waals surface area (Å²) < 4.78 is 24.1. The van der Waals surface area contributed by atoms with Gasteiger partial charge in [-0.25, -0.2) is 19.2 Å². The first-order valence-corrected chi connectivity index (χ1v) is 24.5. The molecule has 2 fully saturated rings. The van der Waals surface area contributed by atoms with Crippen LogP contribution in [0, 0.1) is 23.7 Å². The van der Waals surface area contributed by atoms with Gasteiger partial charge in [0.15, 0.2) is 24.4 Å². The largest absolute Gasteiger partial charge is 0.451 e. The molecule has 0 saturated carbocycles. The second kappa shape index (κ2) is 25.7. The predicted molar refractivity (Wildman–Crippen MR) is 258 cm³/mol. The topological polar surface area (TPSA) is 186 Å². The SMILES string of the molecule is CC(C)C[C@@H]1C(=O)O[C@H](Cc2ccccc2)C(=O)N(C)[C@@H](CC(C)C)C(=O)O[C@H](C)C(=O)N(C)[C@@H](CC(C)C)C(=O)O[C@H](Cc2ccccc2)C(=O)N(C)[C@@H](CC(C)C)C(=O)O[C@@H]2CCCN1C2=O. The Morgan fingerprint density at radius 2 is 0.812 bits per heavy atom.